The normalized spacial score (nSPS) is 48.1. The van der Waals surface area contributed by atoms with E-state index < -0.39 is 114 Å². The van der Waals surface area contributed by atoms with Crippen molar-refractivity contribution in [3.8, 4) is 12.3 Å². The summed E-state index contributed by atoms with van der Waals surface area (Å²) in [5, 5.41) is 61.8. The van der Waals surface area contributed by atoms with Gasteiger partial charge in [-0.15, -0.1) is 12.3 Å². The maximum Gasteiger partial charge on any atom is 0.311 e. The standard InChI is InChI=1S/C40H70N2O13/c1-14-16-17-42(12)27-18-22(4)51-37(31(27)43)55-35-24(6)32(54-29-20-39(10,50-13)34(45)26(8)52-29)25(7)36(46)53-28(15-2)40(11,48)33(44)23(5)30(41-49)21(3)19-38(35,9)47/h1,21-35,37,43-45,47-48H,15-20H2,2-13H3/t21-,22-,23?,24?,25-,26+,27+,28-,29?,30?,31-,32?,33-,34+,35-,37?,38-,39-,40-/m1/s1. The second-order valence-corrected chi connectivity index (χ2v) is 17.3. The van der Waals surface area contributed by atoms with Gasteiger partial charge in [-0.2, -0.15) is 4.91 Å². The maximum absolute atomic E-state index is 14.2. The van der Waals surface area contributed by atoms with Crippen LogP contribution in [-0.4, -0.2) is 147 Å². The number of esters is 1. The molecular formula is C40H70N2O13. The lowest BCUT2D eigenvalue weighted by Gasteiger charge is -2.49. The second kappa shape index (κ2) is 19.3. The maximum atomic E-state index is 14.2. The van der Waals surface area contributed by atoms with Gasteiger partial charge in [0.05, 0.1) is 53.7 Å². The predicted molar refractivity (Wildman–Crippen MR) is 203 cm³/mol. The van der Waals surface area contributed by atoms with Crippen LogP contribution in [0.2, 0.25) is 0 Å². The summed E-state index contributed by atoms with van der Waals surface area (Å²) in [6.07, 6.45) is -3.96. The van der Waals surface area contributed by atoms with Crippen LogP contribution >= 0.6 is 0 Å². The number of nitroso groups, excluding NO2 is 1. The Balaban J connectivity index is 2.20. The van der Waals surface area contributed by atoms with Crippen LogP contribution in [0.1, 0.15) is 101 Å². The number of ether oxygens (including phenoxy) is 6. The Morgan fingerprint density at radius 3 is 2.18 bits per heavy atom. The molecule has 15 nitrogen and oxygen atoms in total. The minimum atomic E-state index is -1.99. The van der Waals surface area contributed by atoms with E-state index in [0.29, 0.717) is 19.4 Å². The lowest BCUT2D eigenvalue weighted by Crippen LogP contribution is -2.61. The van der Waals surface area contributed by atoms with Crippen molar-refractivity contribution in [3.05, 3.63) is 4.91 Å². The monoisotopic (exact) mass is 786 g/mol. The van der Waals surface area contributed by atoms with Crippen LogP contribution in [0.4, 0.5) is 0 Å². The number of hydrogen-bond donors (Lipinski definition) is 5. The first-order valence-corrected chi connectivity index (χ1v) is 19.8. The molecule has 0 aliphatic carbocycles. The first-order valence-electron chi connectivity index (χ1n) is 19.8. The largest absolute Gasteiger partial charge is 0.459 e. The molecule has 3 saturated heterocycles. The molecule has 55 heavy (non-hydrogen) atoms. The van der Waals surface area contributed by atoms with E-state index in [4.69, 9.17) is 34.8 Å². The van der Waals surface area contributed by atoms with Crippen LogP contribution in [0, 0.1) is 40.9 Å². The number of terminal acetylenes is 1. The number of cyclic esters (lactones) is 1. The van der Waals surface area contributed by atoms with Gasteiger partial charge in [-0.25, -0.2) is 0 Å². The molecule has 0 aromatic rings. The summed E-state index contributed by atoms with van der Waals surface area (Å²) in [4.78, 5) is 28.6. The Kier molecular flexibility index (Phi) is 16.7. The highest BCUT2D eigenvalue weighted by molar-refractivity contribution is 5.73. The van der Waals surface area contributed by atoms with Crippen LogP contribution in [0.25, 0.3) is 0 Å². The Bertz CT molecular complexity index is 1300. The molecule has 0 aromatic carbocycles. The molecule has 6 unspecified atom stereocenters. The van der Waals surface area contributed by atoms with E-state index in [0.717, 1.165) is 0 Å². The van der Waals surface area contributed by atoms with Crippen LogP contribution in [0.15, 0.2) is 5.18 Å². The Labute approximate surface area is 327 Å². The number of hydrogen-bond acceptors (Lipinski definition) is 15. The van der Waals surface area contributed by atoms with Gasteiger partial charge in [-0.05, 0) is 73.8 Å². The molecule has 3 fully saturated rings. The van der Waals surface area contributed by atoms with Crippen LogP contribution in [0.3, 0.4) is 0 Å². The highest BCUT2D eigenvalue weighted by Gasteiger charge is 2.54. The topological polar surface area (TPSA) is 206 Å². The fourth-order valence-corrected chi connectivity index (χ4v) is 9.12. The van der Waals surface area contributed by atoms with Crippen molar-refractivity contribution in [3.63, 3.8) is 0 Å². The van der Waals surface area contributed by atoms with Crippen molar-refractivity contribution in [1.29, 1.82) is 0 Å². The van der Waals surface area contributed by atoms with E-state index in [1.807, 2.05) is 18.9 Å². The van der Waals surface area contributed by atoms with E-state index in [9.17, 15) is 35.2 Å². The molecule has 19 atom stereocenters. The number of methoxy groups -OCH3 is 1. The van der Waals surface area contributed by atoms with E-state index >= 15 is 0 Å². The number of carbonyl (C=O) groups excluding carboxylic acids is 1. The predicted octanol–water partition coefficient (Wildman–Crippen LogP) is 2.75. The number of aliphatic hydroxyl groups is 5. The molecule has 3 aliphatic rings. The van der Waals surface area contributed by atoms with Crippen molar-refractivity contribution in [2.45, 2.75) is 192 Å². The number of nitrogens with zero attached hydrogens (tertiary/aromatic N) is 2. The number of aliphatic hydroxyl groups excluding tert-OH is 3. The summed E-state index contributed by atoms with van der Waals surface area (Å²) in [6, 6.07) is -1.49. The molecule has 0 aromatic heterocycles. The summed E-state index contributed by atoms with van der Waals surface area (Å²) in [7, 11) is 3.34. The third-order valence-corrected chi connectivity index (χ3v) is 12.7. The zero-order chi connectivity index (χ0) is 41.8. The summed E-state index contributed by atoms with van der Waals surface area (Å²) >= 11 is 0. The third-order valence-electron chi connectivity index (χ3n) is 12.7. The molecule has 3 aliphatic heterocycles. The Morgan fingerprint density at radius 1 is 0.982 bits per heavy atom. The molecule has 0 amide bonds. The molecule has 5 N–H and O–H groups in total. The molecule has 15 heteroatoms. The SMILES string of the molecule is C#CCCN(C)[C@H]1C[C@@H](C)OC(O[C@@H]2C(C)C(OC3C[C@@](C)(OC)[C@@H](O)[C@H](C)O3)[C@@H](C)C(=O)O[C@H](CC)[C@@](C)(O)[C@H](O)C(C)C(N=O)[C@H](C)C[C@@]2(C)O)[C@@H]1O. The van der Waals surface area contributed by atoms with Gasteiger partial charge in [-0.1, -0.05) is 32.9 Å². The molecule has 0 saturated carbocycles. The van der Waals surface area contributed by atoms with Gasteiger partial charge in [0.2, 0.25) is 0 Å². The minimum absolute atomic E-state index is 0.0790. The summed E-state index contributed by atoms with van der Waals surface area (Å²) < 4.78 is 37.4. The molecule has 3 rings (SSSR count). The van der Waals surface area contributed by atoms with Crippen molar-refractivity contribution in [1.82, 2.24) is 4.90 Å². The van der Waals surface area contributed by atoms with Crippen LogP contribution < -0.4 is 0 Å². The third kappa shape index (κ3) is 10.6. The fraction of sp³-hybridized carbons (Fsp3) is 0.925. The van der Waals surface area contributed by atoms with Crippen LogP contribution in [0.5, 0.6) is 0 Å². The number of carbonyl (C=O) groups is 1. The molecule has 0 spiro atoms. The van der Waals surface area contributed by atoms with Crippen molar-refractivity contribution in [2.75, 3.05) is 20.7 Å². The summed E-state index contributed by atoms with van der Waals surface area (Å²) in [5.74, 6) is -1.68. The molecule has 0 radical (unpaired) electrons. The zero-order valence-corrected chi connectivity index (χ0v) is 35.0. The van der Waals surface area contributed by atoms with E-state index in [1.165, 1.54) is 21.0 Å². The minimum Gasteiger partial charge on any atom is -0.459 e. The quantitative estimate of drug-likeness (QED) is 0.123. The van der Waals surface area contributed by atoms with Gasteiger partial charge in [0.25, 0.3) is 0 Å². The van der Waals surface area contributed by atoms with E-state index in [1.54, 1.807) is 48.5 Å². The van der Waals surface area contributed by atoms with Gasteiger partial charge in [-0.3, -0.25) is 9.69 Å². The van der Waals surface area contributed by atoms with E-state index in [-0.39, 0.29) is 25.4 Å². The average Bonchev–Trinajstić information content (AvgIpc) is 3.12. The highest BCUT2D eigenvalue weighted by Crippen LogP contribution is 2.41. The second-order valence-electron chi connectivity index (χ2n) is 17.3. The summed E-state index contributed by atoms with van der Waals surface area (Å²) in [6.45, 7) is 17.0. The van der Waals surface area contributed by atoms with Crippen molar-refractivity contribution in [2.24, 2.45) is 28.8 Å². The number of likely N-dealkylation sites (N-methyl/N-ethyl adjacent to an activating group) is 1. The first-order chi connectivity index (χ1) is 25.5. The molecule has 318 valence electrons. The smallest absolute Gasteiger partial charge is 0.311 e. The van der Waals surface area contributed by atoms with E-state index in [2.05, 4.69) is 11.1 Å². The van der Waals surface area contributed by atoms with Gasteiger partial charge in [0.15, 0.2) is 12.6 Å². The molecule has 0 bridgehead atoms. The number of rotatable bonds is 10. The van der Waals surface area contributed by atoms with Gasteiger partial charge in [0.1, 0.15) is 23.9 Å². The Hall–Kier alpha value is -1.81. The zero-order valence-electron chi connectivity index (χ0n) is 35.0. The van der Waals surface area contributed by atoms with Crippen molar-refractivity contribution < 1.29 is 58.7 Å². The van der Waals surface area contributed by atoms with Gasteiger partial charge < -0.3 is 54.0 Å². The molecular weight excluding hydrogens is 716 g/mol. The first kappa shape index (κ1) is 47.6. The Morgan fingerprint density at radius 2 is 1.62 bits per heavy atom. The lowest BCUT2D eigenvalue weighted by atomic mass is 9.72. The fourth-order valence-electron chi connectivity index (χ4n) is 9.12. The highest BCUT2D eigenvalue weighted by atomic mass is 16.7. The van der Waals surface area contributed by atoms with Gasteiger partial charge >= 0.3 is 5.97 Å². The molecule has 3 heterocycles. The average molecular weight is 787 g/mol. The van der Waals surface area contributed by atoms with Crippen LogP contribution in [-0.2, 0) is 33.2 Å². The lowest BCUT2D eigenvalue weighted by molar-refractivity contribution is -0.318. The summed E-state index contributed by atoms with van der Waals surface area (Å²) in [5.41, 5.74) is -4.86. The van der Waals surface area contributed by atoms with Gasteiger partial charge in [0, 0.05) is 44.4 Å². The van der Waals surface area contributed by atoms with Crippen molar-refractivity contribution >= 4 is 5.97 Å².